The lowest BCUT2D eigenvalue weighted by Gasteiger charge is -2.24. The number of hydrogen-bond acceptors (Lipinski definition) is 4. The molecule has 0 unspecified atom stereocenters. The van der Waals surface area contributed by atoms with Crippen molar-refractivity contribution in [2.24, 2.45) is 0 Å². The van der Waals surface area contributed by atoms with Crippen molar-refractivity contribution in [2.75, 3.05) is 0 Å². The normalized spacial score (nSPS) is 13.3. The Balaban J connectivity index is 1.18. The predicted octanol–water partition coefficient (Wildman–Crippen LogP) is 11.0. The molecule has 0 fully saturated rings. The van der Waals surface area contributed by atoms with Crippen LogP contribution in [0.3, 0.4) is 0 Å². The Hall–Kier alpha value is -6.33. The van der Waals surface area contributed by atoms with Gasteiger partial charge in [0.25, 0.3) is 0 Å². The van der Waals surface area contributed by atoms with Gasteiger partial charge in [-0.05, 0) is 60.2 Å². The fourth-order valence-corrected chi connectivity index (χ4v) is 7.69. The van der Waals surface area contributed by atoms with Gasteiger partial charge in [0.1, 0.15) is 5.52 Å². The standard InChI is InChI=1S/C44H30N4O/c1-44(2)34-16-8-6-15-32(34)41-39(44)40(46-42(47-41)27-20-22-28(23-21-27)43-45-35-17-9-11-19-38(35)49-43)29-24-25-37-33(26-29)31-14-7-10-18-36(31)48(37)30-12-4-3-5-13-30/h3-26H,1-2H3. The summed E-state index contributed by atoms with van der Waals surface area (Å²) >= 11 is 0. The van der Waals surface area contributed by atoms with E-state index in [0.717, 1.165) is 56.0 Å². The van der Waals surface area contributed by atoms with Crippen LogP contribution in [0.15, 0.2) is 150 Å². The number of nitrogens with zero attached hydrogens (tertiary/aromatic N) is 4. The van der Waals surface area contributed by atoms with Crippen LogP contribution in [0.5, 0.6) is 0 Å². The van der Waals surface area contributed by atoms with E-state index >= 15 is 0 Å². The summed E-state index contributed by atoms with van der Waals surface area (Å²) in [5, 5.41) is 2.41. The van der Waals surface area contributed by atoms with Crippen LogP contribution in [-0.4, -0.2) is 19.5 Å². The van der Waals surface area contributed by atoms with E-state index in [1.54, 1.807) is 0 Å². The number of aromatic nitrogens is 4. The van der Waals surface area contributed by atoms with E-state index in [0.29, 0.717) is 11.7 Å². The van der Waals surface area contributed by atoms with Crippen LogP contribution in [0.25, 0.3) is 83.9 Å². The zero-order chi connectivity index (χ0) is 32.7. The molecule has 1 aliphatic rings. The first-order valence-electron chi connectivity index (χ1n) is 16.6. The number of para-hydroxylation sites is 4. The highest BCUT2D eigenvalue weighted by Gasteiger charge is 2.40. The van der Waals surface area contributed by atoms with E-state index in [-0.39, 0.29) is 5.41 Å². The van der Waals surface area contributed by atoms with Gasteiger partial charge < -0.3 is 8.98 Å². The Morgan fingerprint density at radius 3 is 2.08 bits per heavy atom. The largest absolute Gasteiger partial charge is 0.436 e. The van der Waals surface area contributed by atoms with Crippen LogP contribution in [-0.2, 0) is 5.41 Å². The lowest BCUT2D eigenvalue weighted by atomic mass is 9.80. The smallest absolute Gasteiger partial charge is 0.227 e. The van der Waals surface area contributed by atoms with Gasteiger partial charge in [-0.2, -0.15) is 0 Å². The summed E-state index contributed by atoms with van der Waals surface area (Å²) in [6.07, 6.45) is 0. The first kappa shape index (κ1) is 27.8. The van der Waals surface area contributed by atoms with Gasteiger partial charge in [0, 0.05) is 49.7 Å². The average molecular weight is 631 g/mol. The molecule has 6 aromatic carbocycles. The van der Waals surface area contributed by atoms with E-state index < -0.39 is 0 Å². The van der Waals surface area contributed by atoms with Gasteiger partial charge in [0.15, 0.2) is 11.4 Å². The van der Waals surface area contributed by atoms with Crippen molar-refractivity contribution in [3.8, 4) is 51.0 Å². The van der Waals surface area contributed by atoms with Gasteiger partial charge >= 0.3 is 0 Å². The third-order valence-corrected chi connectivity index (χ3v) is 10.0. The molecule has 49 heavy (non-hydrogen) atoms. The molecular formula is C44H30N4O. The summed E-state index contributed by atoms with van der Waals surface area (Å²) in [6, 6.07) is 50.7. The minimum atomic E-state index is -0.274. The molecule has 10 rings (SSSR count). The second kappa shape index (κ2) is 10.3. The van der Waals surface area contributed by atoms with Gasteiger partial charge in [-0.3, -0.25) is 0 Å². The van der Waals surface area contributed by atoms with Crippen molar-refractivity contribution in [1.82, 2.24) is 19.5 Å². The molecule has 0 aliphatic heterocycles. The van der Waals surface area contributed by atoms with Gasteiger partial charge in [-0.25, -0.2) is 15.0 Å². The highest BCUT2D eigenvalue weighted by atomic mass is 16.3. The highest BCUT2D eigenvalue weighted by Crippen LogP contribution is 2.51. The summed E-state index contributed by atoms with van der Waals surface area (Å²) in [5.41, 5.74) is 13.3. The minimum Gasteiger partial charge on any atom is -0.436 e. The second-order valence-corrected chi connectivity index (χ2v) is 13.3. The molecule has 9 aromatic rings. The van der Waals surface area contributed by atoms with Gasteiger partial charge in [0.2, 0.25) is 5.89 Å². The van der Waals surface area contributed by atoms with E-state index in [2.05, 4.69) is 128 Å². The van der Waals surface area contributed by atoms with Crippen molar-refractivity contribution in [1.29, 1.82) is 0 Å². The summed E-state index contributed by atoms with van der Waals surface area (Å²) in [4.78, 5) is 15.4. The first-order valence-corrected chi connectivity index (χ1v) is 16.6. The molecule has 1 aliphatic carbocycles. The Morgan fingerprint density at radius 2 is 1.22 bits per heavy atom. The fourth-order valence-electron chi connectivity index (χ4n) is 7.69. The number of oxazole rings is 1. The van der Waals surface area contributed by atoms with Crippen molar-refractivity contribution < 1.29 is 4.42 Å². The molecule has 5 nitrogen and oxygen atoms in total. The molecule has 0 saturated carbocycles. The maximum atomic E-state index is 6.05. The number of benzene rings is 6. The molecule has 5 heteroatoms. The quantitative estimate of drug-likeness (QED) is 0.194. The third kappa shape index (κ3) is 4.15. The summed E-state index contributed by atoms with van der Waals surface area (Å²) in [6.45, 7) is 4.58. The lowest BCUT2D eigenvalue weighted by Crippen LogP contribution is -2.17. The minimum absolute atomic E-state index is 0.274. The Bertz CT molecular complexity index is 2700. The van der Waals surface area contributed by atoms with Crippen molar-refractivity contribution in [3.05, 3.63) is 157 Å². The molecule has 0 bridgehead atoms. The maximum Gasteiger partial charge on any atom is 0.227 e. The zero-order valence-electron chi connectivity index (χ0n) is 27.1. The van der Waals surface area contributed by atoms with Crippen LogP contribution in [0.2, 0.25) is 0 Å². The van der Waals surface area contributed by atoms with Crippen molar-refractivity contribution >= 4 is 32.9 Å². The highest BCUT2D eigenvalue weighted by molar-refractivity contribution is 6.10. The fraction of sp³-hybridized carbons (Fsp3) is 0.0682. The second-order valence-electron chi connectivity index (χ2n) is 13.3. The Morgan fingerprint density at radius 1 is 0.551 bits per heavy atom. The monoisotopic (exact) mass is 630 g/mol. The third-order valence-electron chi connectivity index (χ3n) is 10.0. The number of rotatable bonds is 4. The summed E-state index contributed by atoms with van der Waals surface area (Å²) in [5.74, 6) is 1.29. The van der Waals surface area contributed by atoms with Crippen LogP contribution in [0, 0.1) is 0 Å². The lowest BCUT2D eigenvalue weighted by molar-refractivity contribution is 0.620. The molecule has 3 aromatic heterocycles. The van der Waals surface area contributed by atoms with E-state index in [1.165, 1.54) is 27.4 Å². The number of fused-ring (bicyclic) bond motifs is 7. The summed E-state index contributed by atoms with van der Waals surface area (Å²) < 4.78 is 8.40. The molecule has 3 heterocycles. The zero-order valence-corrected chi connectivity index (χ0v) is 27.1. The SMILES string of the molecule is CC1(C)c2ccccc2-c2nc(-c3ccc(-c4nc5ccccc5o4)cc3)nc(-c3ccc4c(c3)c3ccccc3n4-c3ccccc3)c21. The van der Waals surface area contributed by atoms with Crippen LogP contribution in [0.4, 0.5) is 0 Å². The maximum absolute atomic E-state index is 6.05. The Kier molecular flexibility index (Phi) is 5.85. The van der Waals surface area contributed by atoms with Gasteiger partial charge in [-0.15, -0.1) is 0 Å². The summed E-state index contributed by atoms with van der Waals surface area (Å²) in [7, 11) is 0. The molecule has 0 atom stereocenters. The van der Waals surface area contributed by atoms with E-state index in [1.807, 2.05) is 36.4 Å². The molecule has 0 saturated heterocycles. The van der Waals surface area contributed by atoms with E-state index in [4.69, 9.17) is 19.4 Å². The molecular weight excluding hydrogens is 601 g/mol. The molecule has 0 amide bonds. The molecule has 0 radical (unpaired) electrons. The van der Waals surface area contributed by atoms with Crippen LogP contribution in [0.1, 0.15) is 25.0 Å². The molecule has 0 N–H and O–H groups in total. The average Bonchev–Trinajstić information content (AvgIpc) is 3.80. The number of hydrogen-bond donors (Lipinski definition) is 0. The van der Waals surface area contributed by atoms with Gasteiger partial charge in [-0.1, -0.05) is 105 Å². The van der Waals surface area contributed by atoms with E-state index in [9.17, 15) is 0 Å². The van der Waals surface area contributed by atoms with Crippen molar-refractivity contribution in [3.63, 3.8) is 0 Å². The first-order chi connectivity index (χ1) is 24.0. The predicted molar refractivity (Wildman–Crippen MR) is 198 cm³/mol. The van der Waals surface area contributed by atoms with Crippen LogP contribution < -0.4 is 0 Å². The van der Waals surface area contributed by atoms with Gasteiger partial charge in [0.05, 0.1) is 22.4 Å². The van der Waals surface area contributed by atoms with Crippen molar-refractivity contribution in [2.45, 2.75) is 19.3 Å². The molecule has 0 spiro atoms. The Labute approximate surface area is 283 Å². The van der Waals surface area contributed by atoms with Crippen LogP contribution >= 0.6 is 0 Å². The molecule has 232 valence electrons. The topological polar surface area (TPSA) is 56.7 Å².